The first kappa shape index (κ1) is 19.5. The lowest BCUT2D eigenvalue weighted by molar-refractivity contribution is -0.119. The Balaban J connectivity index is 1.62. The second kappa shape index (κ2) is 8.19. The Bertz CT molecular complexity index is 955. The molecule has 0 aliphatic carbocycles. The van der Waals surface area contributed by atoms with Crippen LogP contribution in [0.1, 0.15) is 31.1 Å². The number of halogens is 2. The monoisotopic (exact) mass is 406 g/mol. The minimum atomic E-state index is -0.507. The molecule has 0 aliphatic heterocycles. The molecule has 0 bridgehead atoms. The van der Waals surface area contributed by atoms with E-state index in [1.807, 2.05) is 20.0 Å². The highest BCUT2D eigenvalue weighted by Crippen LogP contribution is 2.34. The Hall–Kier alpha value is -2.25. The van der Waals surface area contributed by atoms with Gasteiger partial charge in [0, 0.05) is 23.5 Å². The summed E-state index contributed by atoms with van der Waals surface area (Å²) in [7, 11) is 1.86. The van der Waals surface area contributed by atoms with E-state index in [9.17, 15) is 9.18 Å². The molecule has 0 saturated heterocycles. The van der Waals surface area contributed by atoms with Gasteiger partial charge in [-0.05, 0) is 42.7 Å². The van der Waals surface area contributed by atoms with Gasteiger partial charge >= 0.3 is 0 Å². The third-order valence-corrected chi connectivity index (χ3v) is 5.99. The molecule has 142 valence electrons. The molecule has 5 nitrogen and oxygen atoms in total. The van der Waals surface area contributed by atoms with Gasteiger partial charge in [-0.15, -0.1) is 11.3 Å². The molecule has 0 spiro atoms. The quantitative estimate of drug-likeness (QED) is 0.619. The average Bonchev–Trinajstić information content (AvgIpc) is 3.26. The summed E-state index contributed by atoms with van der Waals surface area (Å²) in [6.45, 7) is 3.99. The maximum Gasteiger partial charge on any atom is 0.227 e. The summed E-state index contributed by atoms with van der Waals surface area (Å²) in [6, 6.07) is 8.26. The van der Waals surface area contributed by atoms with E-state index < -0.39 is 5.82 Å². The van der Waals surface area contributed by atoms with Gasteiger partial charge in [-0.3, -0.25) is 4.79 Å². The summed E-state index contributed by atoms with van der Waals surface area (Å²) in [6.07, 6.45) is 2.23. The summed E-state index contributed by atoms with van der Waals surface area (Å²) in [4.78, 5) is 19.0. The number of aryl methyl sites for hydroxylation is 1. The normalized spacial score (nSPS) is 13.4. The van der Waals surface area contributed by atoms with Crippen molar-refractivity contribution in [3.8, 4) is 10.7 Å². The number of rotatable bonds is 6. The van der Waals surface area contributed by atoms with Gasteiger partial charge in [0.25, 0.3) is 0 Å². The van der Waals surface area contributed by atoms with Crippen LogP contribution in [0.3, 0.4) is 0 Å². The van der Waals surface area contributed by atoms with Crippen LogP contribution in [0.4, 0.5) is 10.1 Å². The van der Waals surface area contributed by atoms with Gasteiger partial charge in [-0.25, -0.2) is 14.1 Å². The Morgan fingerprint density at radius 2 is 2.11 bits per heavy atom. The smallest absolute Gasteiger partial charge is 0.227 e. The van der Waals surface area contributed by atoms with E-state index in [0.717, 1.165) is 10.7 Å². The molecular formula is C19H20ClFN4OS. The molecule has 0 radical (unpaired) electrons. The first-order valence-corrected chi connectivity index (χ1v) is 9.74. The van der Waals surface area contributed by atoms with Crippen LogP contribution in [-0.4, -0.2) is 20.7 Å². The van der Waals surface area contributed by atoms with Gasteiger partial charge in [0.05, 0.1) is 9.90 Å². The second-order valence-corrected chi connectivity index (χ2v) is 8.09. The highest BCUT2D eigenvalue weighted by molar-refractivity contribution is 7.15. The molecular weight excluding hydrogens is 387 g/mol. The summed E-state index contributed by atoms with van der Waals surface area (Å²) < 4.78 is 15.0. The first-order chi connectivity index (χ1) is 12.8. The molecule has 1 N–H and O–H groups in total. The van der Waals surface area contributed by atoms with Gasteiger partial charge in [0.2, 0.25) is 5.91 Å². The van der Waals surface area contributed by atoms with Crippen LogP contribution < -0.4 is 5.32 Å². The molecule has 2 aromatic heterocycles. The number of carbonyl (C=O) groups excluding carboxylic acids is 1. The third-order valence-electron chi connectivity index (χ3n) is 4.39. The van der Waals surface area contributed by atoms with Gasteiger partial charge in [0.15, 0.2) is 5.82 Å². The molecule has 2 atom stereocenters. The van der Waals surface area contributed by atoms with Crippen LogP contribution in [0, 0.1) is 11.7 Å². The summed E-state index contributed by atoms with van der Waals surface area (Å²) >= 11 is 7.42. The third kappa shape index (κ3) is 4.54. The van der Waals surface area contributed by atoms with E-state index in [1.54, 1.807) is 16.0 Å². The van der Waals surface area contributed by atoms with Crippen LogP contribution in [0.25, 0.3) is 10.7 Å². The number of thiophene rings is 1. The van der Waals surface area contributed by atoms with Crippen molar-refractivity contribution < 1.29 is 9.18 Å². The summed E-state index contributed by atoms with van der Waals surface area (Å²) in [5.74, 6) is 0.221. The zero-order valence-corrected chi connectivity index (χ0v) is 16.8. The molecule has 2 heterocycles. The number of nitrogens with zero attached hydrogens (tertiary/aromatic N) is 3. The molecule has 3 aromatic rings. The molecule has 8 heteroatoms. The van der Waals surface area contributed by atoms with Crippen molar-refractivity contribution >= 4 is 34.5 Å². The first-order valence-electron chi connectivity index (χ1n) is 8.55. The highest BCUT2D eigenvalue weighted by atomic mass is 35.5. The minimum absolute atomic E-state index is 0.0105. The molecule has 0 aliphatic rings. The summed E-state index contributed by atoms with van der Waals surface area (Å²) in [5, 5.41) is 6.88. The fourth-order valence-electron chi connectivity index (χ4n) is 2.85. The van der Waals surface area contributed by atoms with E-state index in [4.69, 9.17) is 11.6 Å². The van der Waals surface area contributed by atoms with Crippen LogP contribution in [0.2, 0.25) is 5.02 Å². The number of anilines is 1. The lowest BCUT2D eigenvalue weighted by atomic mass is 9.95. The molecule has 0 unspecified atom stereocenters. The molecule has 0 saturated carbocycles. The van der Waals surface area contributed by atoms with Crippen molar-refractivity contribution in [2.24, 2.45) is 13.0 Å². The Kier molecular flexibility index (Phi) is 5.92. The van der Waals surface area contributed by atoms with Crippen LogP contribution in [0.5, 0.6) is 0 Å². The number of benzene rings is 1. The van der Waals surface area contributed by atoms with Gasteiger partial charge in [-0.1, -0.05) is 25.4 Å². The predicted molar refractivity (Wildman–Crippen MR) is 107 cm³/mol. The van der Waals surface area contributed by atoms with Crippen LogP contribution in [-0.2, 0) is 11.8 Å². The number of nitrogens with one attached hydrogen (secondary N) is 1. The topological polar surface area (TPSA) is 59.8 Å². The zero-order chi connectivity index (χ0) is 19.6. The fraction of sp³-hybridized carbons (Fsp3) is 0.316. The lowest BCUT2D eigenvalue weighted by Crippen LogP contribution is -2.21. The standard InChI is InChI=1S/C19H20ClFN4OS/c1-11(16-6-7-17(27-16)18-22-10-23-25(18)3)8-12(2)19(26)24-13-4-5-15(21)14(20)9-13/h4-7,9-12H,8H2,1-3H3,(H,24,26)/t11-,12+/m0/s1. The summed E-state index contributed by atoms with van der Waals surface area (Å²) in [5.41, 5.74) is 0.492. The largest absolute Gasteiger partial charge is 0.326 e. The van der Waals surface area contributed by atoms with Crippen molar-refractivity contribution in [1.82, 2.24) is 14.8 Å². The van der Waals surface area contributed by atoms with Crippen molar-refractivity contribution in [3.63, 3.8) is 0 Å². The maximum atomic E-state index is 13.2. The van der Waals surface area contributed by atoms with Crippen molar-refractivity contribution in [3.05, 3.63) is 52.4 Å². The van der Waals surface area contributed by atoms with E-state index in [0.29, 0.717) is 12.1 Å². The second-order valence-electron chi connectivity index (χ2n) is 6.57. The van der Waals surface area contributed by atoms with Gasteiger partial charge in [-0.2, -0.15) is 5.10 Å². The molecule has 1 amide bonds. The van der Waals surface area contributed by atoms with Gasteiger partial charge in [0.1, 0.15) is 12.1 Å². The van der Waals surface area contributed by atoms with Gasteiger partial charge < -0.3 is 5.32 Å². The molecule has 1 aromatic carbocycles. The number of aromatic nitrogens is 3. The van der Waals surface area contributed by atoms with E-state index >= 15 is 0 Å². The number of hydrogen-bond donors (Lipinski definition) is 1. The van der Waals surface area contributed by atoms with E-state index in [1.165, 1.54) is 29.4 Å². The molecule has 27 heavy (non-hydrogen) atoms. The minimum Gasteiger partial charge on any atom is -0.326 e. The van der Waals surface area contributed by atoms with Crippen molar-refractivity contribution in [2.75, 3.05) is 5.32 Å². The Morgan fingerprint density at radius 3 is 2.78 bits per heavy atom. The Morgan fingerprint density at radius 1 is 1.33 bits per heavy atom. The number of amides is 1. The average molecular weight is 407 g/mol. The number of carbonyl (C=O) groups is 1. The lowest BCUT2D eigenvalue weighted by Gasteiger charge is -2.16. The fourth-order valence-corrected chi connectivity index (χ4v) is 4.13. The van der Waals surface area contributed by atoms with Crippen molar-refractivity contribution in [1.29, 1.82) is 0 Å². The van der Waals surface area contributed by atoms with Crippen LogP contribution in [0.15, 0.2) is 36.7 Å². The predicted octanol–water partition coefficient (Wildman–Crippen LogP) is 5.10. The number of hydrogen-bond acceptors (Lipinski definition) is 4. The maximum absolute atomic E-state index is 13.2. The highest BCUT2D eigenvalue weighted by Gasteiger charge is 2.20. The van der Waals surface area contributed by atoms with E-state index in [-0.39, 0.29) is 22.8 Å². The zero-order valence-electron chi connectivity index (χ0n) is 15.2. The Labute approximate surface area is 166 Å². The SMILES string of the molecule is C[C@H](C[C@H](C)c1ccc(-c2ncnn2C)s1)C(=O)Nc1ccc(F)c(Cl)c1. The molecule has 3 rings (SSSR count). The molecule has 0 fully saturated rings. The van der Waals surface area contributed by atoms with E-state index in [2.05, 4.69) is 28.4 Å². The van der Waals surface area contributed by atoms with Crippen molar-refractivity contribution in [2.45, 2.75) is 26.2 Å². The van der Waals surface area contributed by atoms with Crippen LogP contribution >= 0.6 is 22.9 Å².